The van der Waals surface area contributed by atoms with E-state index in [2.05, 4.69) is 29.2 Å². The van der Waals surface area contributed by atoms with Gasteiger partial charge in [0.25, 0.3) is 5.91 Å². The van der Waals surface area contributed by atoms with Crippen LogP contribution in [0.25, 0.3) is 0 Å². The zero-order valence-electron chi connectivity index (χ0n) is 17.6. The van der Waals surface area contributed by atoms with Gasteiger partial charge in [-0.3, -0.25) is 9.69 Å². The molecule has 2 aromatic carbocycles. The Morgan fingerprint density at radius 1 is 0.900 bits per heavy atom. The number of carbonyl (C=O) groups excluding carboxylic acids is 1. The summed E-state index contributed by atoms with van der Waals surface area (Å²) in [5.74, 6) is 1.86. The highest BCUT2D eigenvalue weighted by Crippen LogP contribution is 2.24. The van der Waals surface area contributed by atoms with Crippen LogP contribution in [0.1, 0.15) is 33.0 Å². The Balaban J connectivity index is 1.30. The molecule has 0 spiro atoms. The number of ether oxygens (including phenoxy) is 1. The van der Waals surface area contributed by atoms with Crippen molar-refractivity contribution >= 4 is 5.91 Å². The summed E-state index contributed by atoms with van der Waals surface area (Å²) in [6, 6.07) is 20.1. The van der Waals surface area contributed by atoms with Gasteiger partial charge in [0.1, 0.15) is 18.1 Å². The number of aryl methyl sites for hydroxylation is 2. The molecular weight excluding hydrogens is 376 g/mol. The first-order valence-corrected chi connectivity index (χ1v) is 10.4. The first-order valence-electron chi connectivity index (χ1n) is 10.4. The third kappa shape index (κ3) is 4.74. The Kier molecular flexibility index (Phi) is 6.19. The van der Waals surface area contributed by atoms with Gasteiger partial charge in [-0.05, 0) is 42.7 Å². The van der Waals surface area contributed by atoms with Gasteiger partial charge in [0.05, 0.1) is 0 Å². The highest BCUT2D eigenvalue weighted by molar-refractivity contribution is 5.91. The number of para-hydroxylation sites is 1. The molecule has 1 amide bonds. The van der Waals surface area contributed by atoms with Crippen LogP contribution in [0.15, 0.2) is 65.1 Å². The molecule has 1 aliphatic rings. The topological polar surface area (TPSA) is 45.9 Å². The van der Waals surface area contributed by atoms with Crippen molar-refractivity contribution in [2.24, 2.45) is 0 Å². The molecule has 1 fully saturated rings. The first kappa shape index (κ1) is 20.2. The minimum absolute atomic E-state index is 0.0484. The van der Waals surface area contributed by atoms with Crippen molar-refractivity contribution in [1.29, 1.82) is 0 Å². The van der Waals surface area contributed by atoms with E-state index in [0.717, 1.165) is 36.5 Å². The van der Waals surface area contributed by atoms with E-state index in [1.54, 1.807) is 6.07 Å². The lowest BCUT2D eigenvalue weighted by Crippen LogP contribution is -2.48. The Morgan fingerprint density at radius 2 is 1.60 bits per heavy atom. The Bertz CT molecular complexity index is 968. The van der Waals surface area contributed by atoms with Crippen LogP contribution in [0, 0.1) is 13.8 Å². The number of hydrogen-bond donors (Lipinski definition) is 0. The second-order valence-electron chi connectivity index (χ2n) is 7.83. The first-order chi connectivity index (χ1) is 14.6. The molecule has 4 rings (SSSR count). The van der Waals surface area contributed by atoms with E-state index in [9.17, 15) is 4.79 Å². The summed E-state index contributed by atoms with van der Waals surface area (Å²) in [5, 5.41) is 0. The molecule has 30 heavy (non-hydrogen) atoms. The zero-order chi connectivity index (χ0) is 20.9. The van der Waals surface area contributed by atoms with Crippen molar-refractivity contribution in [2.45, 2.75) is 27.0 Å². The van der Waals surface area contributed by atoms with Gasteiger partial charge in [0.15, 0.2) is 5.76 Å². The van der Waals surface area contributed by atoms with E-state index < -0.39 is 0 Å². The summed E-state index contributed by atoms with van der Waals surface area (Å²) in [7, 11) is 0. The van der Waals surface area contributed by atoms with Gasteiger partial charge in [-0.25, -0.2) is 0 Å². The number of nitrogens with zero attached hydrogens (tertiary/aromatic N) is 2. The molecule has 156 valence electrons. The second-order valence-corrected chi connectivity index (χ2v) is 7.83. The Labute approximate surface area is 177 Å². The molecule has 0 bridgehead atoms. The van der Waals surface area contributed by atoms with Crippen LogP contribution in [0.3, 0.4) is 0 Å². The standard InChI is InChI=1S/C25H28N2O3/c1-19-7-6-8-20(2)24(19)29-18-22-11-12-23(30-22)25(28)27-15-13-26(14-16-27)17-21-9-4-3-5-10-21/h3-12H,13-18H2,1-2H3. The molecule has 0 N–H and O–H groups in total. The number of carbonyl (C=O) groups is 1. The van der Waals surface area contributed by atoms with Crippen LogP contribution in [0.4, 0.5) is 0 Å². The predicted octanol–water partition coefficient (Wildman–Crippen LogP) is 4.43. The lowest BCUT2D eigenvalue weighted by molar-refractivity contribution is 0.0594. The SMILES string of the molecule is Cc1cccc(C)c1OCc1ccc(C(=O)N2CCN(Cc3ccccc3)CC2)o1. The minimum atomic E-state index is -0.0484. The zero-order valence-corrected chi connectivity index (χ0v) is 17.6. The maximum atomic E-state index is 12.8. The molecule has 3 aromatic rings. The highest BCUT2D eigenvalue weighted by Gasteiger charge is 2.24. The van der Waals surface area contributed by atoms with Gasteiger partial charge in [-0.15, -0.1) is 0 Å². The van der Waals surface area contributed by atoms with Gasteiger partial charge in [0.2, 0.25) is 0 Å². The molecule has 2 heterocycles. The molecule has 0 aliphatic carbocycles. The van der Waals surface area contributed by atoms with Crippen molar-refractivity contribution in [1.82, 2.24) is 9.80 Å². The summed E-state index contributed by atoms with van der Waals surface area (Å²) in [6.07, 6.45) is 0. The average molecular weight is 405 g/mol. The quantitative estimate of drug-likeness (QED) is 0.610. The summed E-state index contributed by atoms with van der Waals surface area (Å²) in [4.78, 5) is 17.1. The monoisotopic (exact) mass is 404 g/mol. The predicted molar refractivity (Wildman–Crippen MR) is 117 cm³/mol. The number of furan rings is 1. The number of hydrogen-bond acceptors (Lipinski definition) is 4. The van der Waals surface area contributed by atoms with Gasteiger partial charge in [0, 0.05) is 32.7 Å². The molecule has 1 saturated heterocycles. The third-order valence-corrected chi connectivity index (χ3v) is 5.55. The molecule has 1 aromatic heterocycles. The third-order valence-electron chi connectivity index (χ3n) is 5.55. The van der Waals surface area contributed by atoms with E-state index in [1.165, 1.54) is 5.56 Å². The number of benzene rings is 2. The molecule has 5 nitrogen and oxygen atoms in total. The van der Waals surface area contributed by atoms with Gasteiger partial charge in [-0.1, -0.05) is 48.5 Å². The maximum Gasteiger partial charge on any atom is 0.289 e. The largest absolute Gasteiger partial charge is 0.485 e. The summed E-state index contributed by atoms with van der Waals surface area (Å²) in [5.41, 5.74) is 3.48. The molecule has 0 unspecified atom stereocenters. The lowest BCUT2D eigenvalue weighted by atomic mass is 10.1. The molecule has 0 atom stereocenters. The van der Waals surface area contributed by atoms with Gasteiger partial charge >= 0.3 is 0 Å². The smallest absolute Gasteiger partial charge is 0.289 e. The number of piperazine rings is 1. The highest BCUT2D eigenvalue weighted by atomic mass is 16.5. The van der Waals surface area contributed by atoms with E-state index in [0.29, 0.717) is 31.2 Å². The molecular formula is C25H28N2O3. The van der Waals surface area contributed by atoms with Crippen LogP contribution in [0.2, 0.25) is 0 Å². The minimum Gasteiger partial charge on any atom is -0.485 e. The Morgan fingerprint density at radius 3 is 2.30 bits per heavy atom. The van der Waals surface area contributed by atoms with Crippen LogP contribution >= 0.6 is 0 Å². The fraction of sp³-hybridized carbons (Fsp3) is 0.320. The Hall–Kier alpha value is -3.05. The van der Waals surface area contributed by atoms with Crippen molar-refractivity contribution in [2.75, 3.05) is 26.2 Å². The summed E-state index contributed by atoms with van der Waals surface area (Å²) < 4.78 is 11.7. The van der Waals surface area contributed by atoms with Crippen molar-refractivity contribution in [3.8, 4) is 5.75 Å². The van der Waals surface area contributed by atoms with E-state index >= 15 is 0 Å². The van der Waals surface area contributed by atoms with Crippen LogP contribution in [0.5, 0.6) is 5.75 Å². The van der Waals surface area contributed by atoms with Crippen LogP contribution in [-0.2, 0) is 13.2 Å². The fourth-order valence-electron chi connectivity index (χ4n) is 3.85. The van der Waals surface area contributed by atoms with Gasteiger partial charge in [-0.2, -0.15) is 0 Å². The van der Waals surface area contributed by atoms with E-state index in [4.69, 9.17) is 9.15 Å². The summed E-state index contributed by atoms with van der Waals surface area (Å²) >= 11 is 0. The lowest BCUT2D eigenvalue weighted by Gasteiger charge is -2.34. The maximum absolute atomic E-state index is 12.8. The van der Waals surface area contributed by atoms with Crippen molar-refractivity contribution < 1.29 is 13.9 Å². The molecule has 0 radical (unpaired) electrons. The molecule has 5 heteroatoms. The second kappa shape index (κ2) is 9.18. The van der Waals surface area contributed by atoms with Crippen molar-refractivity contribution in [3.05, 3.63) is 88.9 Å². The van der Waals surface area contributed by atoms with E-state index in [-0.39, 0.29) is 5.91 Å². The number of rotatable bonds is 6. The van der Waals surface area contributed by atoms with Crippen LogP contribution in [-0.4, -0.2) is 41.9 Å². The van der Waals surface area contributed by atoms with Gasteiger partial charge < -0.3 is 14.1 Å². The van der Waals surface area contributed by atoms with Crippen LogP contribution < -0.4 is 4.74 Å². The van der Waals surface area contributed by atoms with Crippen molar-refractivity contribution in [3.63, 3.8) is 0 Å². The average Bonchev–Trinajstić information content (AvgIpc) is 3.23. The fourth-order valence-corrected chi connectivity index (χ4v) is 3.85. The normalized spacial score (nSPS) is 14.7. The summed E-state index contributed by atoms with van der Waals surface area (Å²) in [6.45, 7) is 8.43. The number of amides is 1. The molecule has 0 saturated carbocycles. The van der Waals surface area contributed by atoms with E-state index in [1.807, 2.05) is 49.1 Å². The molecule has 1 aliphatic heterocycles.